The fourth-order valence-corrected chi connectivity index (χ4v) is 1.58. The molecule has 20 heavy (non-hydrogen) atoms. The molecule has 1 amide bonds. The third kappa shape index (κ3) is 4.79. The summed E-state index contributed by atoms with van der Waals surface area (Å²) in [4.78, 5) is 22.4. The predicted molar refractivity (Wildman–Crippen MR) is 72.9 cm³/mol. The maximum atomic E-state index is 11.9. The Morgan fingerprint density at radius 3 is 2.50 bits per heavy atom. The second-order valence-electron chi connectivity index (χ2n) is 4.57. The van der Waals surface area contributed by atoms with Gasteiger partial charge in [-0.05, 0) is 18.1 Å². The molecule has 1 atom stereocenters. The van der Waals surface area contributed by atoms with Gasteiger partial charge in [0.05, 0.1) is 7.11 Å². The molecule has 6 nitrogen and oxygen atoms in total. The van der Waals surface area contributed by atoms with Gasteiger partial charge in [0.25, 0.3) is 5.91 Å². The smallest absolute Gasteiger partial charge is 0.322 e. The van der Waals surface area contributed by atoms with E-state index >= 15 is 0 Å². The highest BCUT2D eigenvalue weighted by atomic mass is 16.5. The van der Waals surface area contributed by atoms with Crippen molar-refractivity contribution in [2.45, 2.75) is 20.0 Å². The second-order valence-corrected chi connectivity index (χ2v) is 4.57. The van der Waals surface area contributed by atoms with Crippen LogP contribution >= 0.6 is 0 Å². The molecule has 0 aliphatic rings. The average Bonchev–Trinajstić information content (AvgIpc) is 2.42. The van der Waals surface area contributed by atoms with E-state index in [1.807, 2.05) is 13.8 Å². The molecule has 6 heteroatoms. The van der Waals surface area contributed by atoms with Gasteiger partial charge in [0, 0.05) is 6.07 Å². The molecule has 2 N–H and O–H groups in total. The highest BCUT2D eigenvalue weighted by Gasteiger charge is 2.24. The van der Waals surface area contributed by atoms with Gasteiger partial charge in [0.2, 0.25) is 0 Å². The lowest BCUT2D eigenvalue weighted by molar-refractivity contribution is -0.139. The quantitative estimate of drug-likeness (QED) is 0.787. The molecule has 110 valence electrons. The summed E-state index contributed by atoms with van der Waals surface area (Å²) in [5.74, 6) is -0.535. The molecule has 1 aromatic carbocycles. The first-order valence-electron chi connectivity index (χ1n) is 6.24. The highest BCUT2D eigenvalue weighted by Crippen LogP contribution is 2.21. The molecule has 0 radical (unpaired) electrons. The summed E-state index contributed by atoms with van der Waals surface area (Å²) in [7, 11) is 1.54. The van der Waals surface area contributed by atoms with E-state index in [0.717, 1.165) is 0 Å². The van der Waals surface area contributed by atoms with Crippen LogP contribution in [0.25, 0.3) is 0 Å². The minimum absolute atomic E-state index is 0.102. The van der Waals surface area contributed by atoms with Crippen LogP contribution in [0.2, 0.25) is 0 Å². The molecule has 0 heterocycles. The fourth-order valence-electron chi connectivity index (χ4n) is 1.58. The van der Waals surface area contributed by atoms with Gasteiger partial charge in [0.15, 0.2) is 6.10 Å². The number of amides is 1. The van der Waals surface area contributed by atoms with Crippen LogP contribution in [-0.2, 0) is 9.59 Å². The Labute approximate surface area is 117 Å². The Balaban J connectivity index is 2.75. The second kappa shape index (κ2) is 7.37. The number of ether oxygens (including phenoxy) is 2. The van der Waals surface area contributed by atoms with Crippen LogP contribution in [0, 0.1) is 5.92 Å². The first-order chi connectivity index (χ1) is 9.43. The Bertz CT molecular complexity index is 472. The number of benzene rings is 1. The van der Waals surface area contributed by atoms with Gasteiger partial charge in [-0.25, -0.2) is 0 Å². The molecular formula is C14H19NO5. The van der Waals surface area contributed by atoms with Gasteiger partial charge in [-0.15, -0.1) is 0 Å². The van der Waals surface area contributed by atoms with E-state index in [0.29, 0.717) is 11.5 Å². The summed E-state index contributed by atoms with van der Waals surface area (Å²) >= 11 is 0. The number of carboxylic acid groups (broad SMARTS) is 1. The molecule has 1 unspecified atom stereocenters. The van der Waals surface area contributed by atoms with Gasteiger partial charge in [-0.1, -0.05) is 19.9 Å². The monoisotopic (exact) mass is 281 g/mol. The number of hydrogen-bond donors (Lipinski definition) is 2. The van der Waals surface area contributed by atoms with Crippen LogP contribution in [0.1, 0.15) is 13.8 Å². The van der Waals surface area contributed by atoms with Crippen LogP contribution in [0.5, 0.6) is 11.5 Å². The summed E-state index contributed by atoms with van der Waals surface area (Å²) in [5, 5.41) is 10.9. The van der Waals surface area contributed by atoms with Gasteiger partial charge < -0.3 is 19.9 Å². The molecule has 0 aliphatic heterocycles. The first-order valence-corrected chi connectivity index (χ1v) is 6.24. The SMILES string of the molecule is COc1cccc(OC(C(=O)NCC(=O)O)C(C)C)c1. The number of carbonyl (C=O) groups excluding carboxylic acids is 1. The van der Waals surface area contributed by atoms with Gasteiger partial charge in [-0.2, -0.15) is 0 Å². The van der Waals surface area contributed by atoms with E-state index in [9.17, 15) is 9.59 Å². The van der Waals surface area contributed by atoms with E-state index in [4.69, 9.17) is 14.6 Å². The topological polar surface area (TPSA) is 84.9 Å². The fraction of sp³-hybridized carbons (Fsp3) is 0.429. The molecular weight excluding hydrogens is 262 g/mol. The van der Waals surface area contributed by atoms with E-state index < -0.39 is 24.5 Å². The summed E-state index contributed by atoms with van der Waals surface area (Å²) in [6.45, 7) is 3.22. The summed E-state index contributed by atoms with van der Waals surface area (Å²) in [6.07, 6.45) is -0.763. The maximum Gasteiger partial charge on any atom is 0.322 e. The number of carbonyl (C=O) groups is 2. The zero-order chi connectivity index (χ0) is 15.1. The zero-order valence-corrected chi connectivity index (χ0v) is 11.8. The minimum atomic E-state index is -1.10. The molecule has 0 aliphatic carbocycles. The number of nitrogens with one attached hydrogen (secondary N) is 1. The number of rotatable bonds is 7. The Morgan fingerprint density at radius 2 is 1.95 bits per heavy atom. The third-order valence-corrected chi connectivity index (χ3v) is 2.58. The van der Waals surface area contributed by atoms with Crippen LogP contribution in [0.4, 0.5) is 0 Å². The van der Waals surface area contributed by atoms with Crippen molar-refractivity contribution in [2.24, 2.45) is 5.92 Å². The van der Waals surface area contributed by atoms with Crippen molar-refractivity contribution in [3.63, 3.8) is 0 Å². The number of carboxylic acids is 1. The third-order valence-electron chi connectivity index (χ3n) is 2.58. The zero-order valence-electron chi connectivity index (χ0n) is 11.8. The van der Waals surface area contributed by atoms with E-state index in [1.54, 1.807) is 31.4 Å². The summed E-state index contributed by atoms with van der Waals surface area (Å²) < 4.78 is 10.7. The largest absolute Gasteiger partial charge is 0.497 e. The Morgan fingerprint density at radius 1 is 1.30 bits per heavy atom. The molecule has 0 fully saturated rings. The van der Waals surface area contributed by atoms with Gasteiger partial charge in [-0.3, -0.25) is 9.59 Å². The standard InChI is InChI=1S/C14H19NO5/c1-9(2)13(14(18)15-8-12(16)17)20-11-6-4-5-10(7-11)19-3/h4-7,9,13H,8H2,1-3H3,(H,15,18)(H,16,17). The lowest BCUT2D eigenvalue weighted by Crippen LogP contribution is -2.43. The van der Waals surface area contributed by atoms with Crippen molar-refractivity contribution in [1.29, 1.82) is 0 Å². The molecule has 0 aromatic heterocycles. The molecule has 0 bridgehead atoms. The normalized spacial score (nSPS) is 11.8. The molecule has 1 aromatic rings. The van der Waals surface area contributed by atoms with Crippen molar-refractivity contribution >= 4 is 11.9 Å². The van der Waals surface area contributed by atoms with Crippen LogP contribution in [-0.4, -0.2) is 36.7 Å². The summed E-state index contributed by atoms with van der Waals surface area (Å²) in [6, 6.07) is 6.89. The lowest BCUT2D eigenvalue weighted by atomic mass is 10.1. The van der Waals surface area contributed by atoms with Crippen molar-refractivity contribution in [1.82, 2.24) is 5.32 Å². The van der Waals surface area contributed by atoms with Gasteiger partial charge >= 0.3 is 5.97 Å². The molecule has 0 saturated heterocycles. The Hall–Kier alpha value is -2.24. The predicted octanol–water partition coefficient (Wildman–Crippen LogP) is 1.30. The van der Waals surface area contributed by atoms with Crippen molar-refractivity contribution in [2.75, 3.05) is 13.7 Å². The lowest BCUT2D eigenvalue weighted by Gasteiger charge is -2.21. The number of hydrogen-bond acceptors (Lipinski definition) is 4. The maximum absolute atomic E-state index is 11.9. The van der Waals surface area contributed by atoms with Crippen molar-refractivity contribution in [3.8, 4) is 11.5 Å². The van der Waals surface area contributed by atoms with E-state index in [-0.39, 0.29) is 5.92 Å². The van der Waals surface area contributed by atoms with Crippen molar-refractivity contribution in [3.05, 3.63) is 24.3 Å². The van der Waals surface area contributed by atoms with Crippen molar-refractivity contribution < 1.29 is 24.2 Å². The molecule has 0 spiro atoms. The van der Waals surface area contributed by atoms with Gasteiger partial charge in [0.1, 0.15) is 18.0 Å². The minimum Gasteiger partial charge on any atom is -0.497 e. The number of methoxy groups -OCH3 is 1. The number of aliphatic carboxylic acids is 1. The Kier molecular flexibility index (Phi) is 5.83. The molecule has 1 rings (SSSR count). The van der Waals surface area contributed by atoms with Crippen LogP contribution < -0.4 is 14.8 Å². The molecule has 0 saturated carbocycles. The average molecular weight is 281 g/mol. The van der Waals surface area contributed by atoms with E-state index in [1.165, 1.54) is 0 Å². The van der Waals surface area contributed by atoms with E-state index in [2.05, 4.69) is 5.32 Å². The summed E-state index contributed by atoms with van der Waals surface area (Å²) in [5.41, 5.74) is 0. The highest BCUT2D eigenvalue weighted by molar-refractivity contribution is 5.84. The first kappa shape index (κ1) is 15.8. The van der Waals surface area contributed by atoms with Crippen LogP contribution in [0.3, 0.4) is 0 Å². The van der Waals surface area contributed by atoms with Crippen LogP contribution in [0.15, 0.2) is 24.3 Å².